The molecule has 1 rings (SSSR count). The van der Waals surface area contributed by atoms with Gasteiger partial charge in [-0.1, -0.05) is 19.3 Å². The fourth-order valence-electron chi connectivity index (χ4n) is 2.61. The van der Waals surface area contributed by atoms with Crippen LogP contribution in [0.5, 0.6) is 0 Å². The number of amides is 2. The van der Waals surface area contributed by atoms with Gasteiger partial charge in [0.05, 0.1) is 10.5 Å². The van der Waals surface area contributed by atoms with Crippen molar-refractivity contribution in [3.05, 3.63) is 0 Å². The Morgan fingerprint density at radius 3 is 2.29 bits per heavy atom. The zero-order valence-electron chi connectivity index (χ0n) is 13.7. The van der Waals surface area contributed by atoms with Gasteiger partial charge in [0, 0.05) is 12.6 Å². The molecule has 2 amide bonds. The number of carbonyl (C=O) groups is 1. The first kappa shape index (κ1) is 18.3. The minimum absolute atomic E-state index is 0.0261. The molecule has 6 heteroatoms. The fraction of sp³-hybridized carbons (Fsp3) is 0.933. The average molecular weight is 318 g/mol. The average Bonchev–Trinajstić information content (AvgIpc) is 2.38. The molecule has 1 aliphatic carbocycles. The lowest BCUT2D eigenvalue weighted by atomic mass is 9.85. The molecular weight excluding hydrogens is 288 g/mol. The van der Waals surface area contributed by atoms with Gasteiger partial charge < -0.3 is 10.6 Å². The summed E-state index contributed by atoms with van der Waals surface area (Å²) in [7, 11) is -3.18. The zero-order chi connectivity index (χ0) is 16.1. The number of carbonyl (C=O) groups excluding carboxylic acids is 1. The van der Waals surface area contributed by atoms with Crippen molar-refractivity contribution < 1.29 is 13.2 Å². The van der Waals surface area contributed by atoms with E-state index in [4.69, 9.17) is 0 Å². The van der Waals surface area contributed by atoms with E-state index in [-0.39, 0.29) is 24.4 Å². The zero-order valence-corrected chi connectivity index (χ0v) is 14.6. The third kappa shape index (κ3) is 5.85. The Balaban J connectivity index is 2.31. The minimum atomic E-state index is -3.18. The van der Waals surface area contributed by atoms with Crippen molar-refractivity contribution in [3.63, 3.8) is 0 Å². The highest BCUT2D eigenvalue weighted by Gasteiger charge is 2.28. The predicted octanol–water partition coefficient (Wildman–Crippen LogP) is 2.47. The molecule has 0 radical (unpaired) electrons. The van der Waals surface area contributed by atoms with Crippen LogP contribution in [-0.2, 0) is 9.84 Å². The van der Waals surface area contributed by atoms with E-state index in [1.807, 2.05) is 6.92 Å². The van der Waals surface area contributed by atoms with Crippen LogP contribution in [-0.4, -0.2) is 37.5 Å². The molecule has 1 fully saturated rings. The van der Waals surface area contributed by atoms with Crippen LogP contribution in [0.1, 0.15) is 59.8 Å². The smallest absolute Gasteiger partial charge is 0.315 e. The summed E-state index contributed by atoms with van der Waals surface area (Å²) in [5.41, 5.74) is 0. The summed E-state index contributed by atoms with van der Waals surface area (Å²) in [5.74, 6) is 0.518. The Kier molecular flexibility index (Phi) is 6.50. The summed E-state index contributed by atoms with van der Waals surface area (Å²) in [6.45, 7) is 7.21. The molecule has 0 bridgehead atoms. The minimum Gasteiger partial charge on any atom is -0.337 e. The van der Waals surface area contributed by atoms with Gasteiger partial charge in [0.2, 0.25) is 0 Å². The van der Waals surface area contributed by atoms with E-state index in [0.717, 1.165) is 0 Å². The lowest BCUT2D eigenvalue weighted by molar-refractivity contribution is 0.225. The van der Waals surface area contributed by atoms with Crippen LogP contribution in [0.4, 0.5) is 4.79 Å². The quantitative estimate of drug-likeness (QED) is 0.817. The maximum atomic E-state index is 11.9. The standard InChI is InChI=1S/C15H30N2O3S/c1-12(13-8-6-5-7-9-13)17-14(18)16-10-11-21(19,20)15(2,3)4/h12-13H,5-11H2,1-4H3,(H2,16,17,18)/t12-/m0/s1. The Labute approximate surface area is 129 Å². The Bertz CT molecular complexity index is 434. The molecule has 1 saturated carbocycles. The van der Waals surface area contributed by atoms with Crippen LogP contribution in [0, 0.1) is 5.92 Å². The van der Waals surface area contributed by atoms with Crippen LogP contribution < -0.4 is 10.6 Å². The third-order valence-corrected chi connectivity index (χ3v) is 6.91. The highest BCUT2D eigenvalue weighted by molar-refractivity contribution is 7.92. The fourth-order valence-corrected chi connectivity index (χ4v) is 3.60. The van der Waals surface area contributed by atoms with Crippen LogP contribution in [0.15, 0.2) is 0 Å². The molecule has 0 aliphatic heterocycles. The van der Waals surface area contributed by atoms with Gasteiger partial charge in [-0.2, -0.15) is 0 Å². The first-order valence-electron chi connectivity index (χ1n) is 7.90. The number of sulfone groups is 1. The van der Waals surface area contributed by atoms with E-state index >= 15 is 0 Å². The van der Waals surface area contributed by atoms with Crippen LogP contribution >= 0.6 is 0 Å². The topological polar surface area (TPSA) is 75.3 Å². The lowest BCUT2D eigenvalue weighted by Gasteiger charge is -2.28. The van der Waals surface area contributed by atoms with E-state index in [2.05, 4.69) is 10.6 Å². The van der Waals surface area contributed by atoms with Gasteiger partial charge in [-0.3, -0.25) is 0 Å². The predicted molar refractivity (Wildman–Crippen MR) is 86.1 cm³/mol. The van der Waals surface area contributed by atoms with Crippen molar-refractivity contribution in [3.8, 4) is 0 Å². The van der Waals surface area contributed by atoms with Crippen molar-refractivity contribution in [1.82, 2.24) is 10.6 Å². The summed E-state index contributed by atoms with van der Waals surface area (Å²) in [6, 6.07) is -0.123. The maximum absolute atomic E-state index is 11.9. The number of nitrogens with one attached hydrogen (secondary N) is 2. The molecule has 0 aromatic carbocycles. The van der Waals surface area contributed by atoms with E-state index < -0.39 is 14.6 Å². The van der Waals surface area contributed by atoms with Gasteiger partial charge in [-0.25, -0.2) is 13.2 Å². The lowest BCUT2D eigenvalue weighted by Crippen LogP contribution is -2.46. The highest BCUT2D eigenvalue weighted by Crippen LogP contribution is 2.26. The molecule has 1 atom stereocenters. The van der Waals surface area contributed by atoms with Crippen molar-refractivity contribution in [1.29, 1.82) is 0 Å². The normalized spacial score (nSPS) is 19.0. The van der Waals surface area contributed by atoms with Gasteiger partial charge >= 0.3 is 6.03 Å². The number of urea groups is 1. The van der Waals surface area contributed by atoms with E-state index in [1.165, 1.54) is 32.1 Å². The van der Waals surface area contributed by atoms with E-state index in [0.29, 0.717) is 5.92 Å². The summed E-state index contributed by atoms with van der Waals surface area (Å²) < 4.78 is 23.1. The SMILES string of the molecule is C[C@H](NC(=O)NCCS(=O)(=O)C(C)(C)C)C1CCCCC1. The molecule has 1 aliphatic rings. The monoisotopic (exact) mass is 318 g/mol. The number of hydrogen-bond acceptors (Lipinski definition) is 3. The second kappa shape index (κ2) is 7.47. The first-order valence-corrected chi connectivity index (χ1v) is 9.55. The summed E-state index contributed by atoms with van der Waals surface area (Å²) in [5, 5.41) is 5.58. The highest BCUT2D eigenvalue weighted by atomic mass is 32.2. The van der Waals surface area contributed by atoms with Gasteiger partial charge in [-0.15, -0.1) is 0 Å². The van der Waals surface area contributed by atoms with Crippen molar-refractivity contribution in [2.24, 2.45) is 5.92 Å². The van der Waals surface area contributed by atoms with Gasteiger partial charge in [-0.05, 0) is 46.5 Å². The van der Waals surface area contributed by atoms with Crippen molar-refractivity contribution >= 4 is 15.9 Å². The van der Waals surface area contributed by atoms with E-state index in [9.17, 15) is 13.2 Å². The van der Waals surface area contributed by atoms with Crippen LogP contribution in [0.2, 0.25) is 0 Å². The van der Waals surface area contributed by atoms with Crippen LogP contribution in [0.25, 0.3) is 0 Å². The number of rotatable bonds is 5. The van der Waals surface area contributed by atoms with Crippen LogP contribution in [0.3, 0.4) is 0 Å². The second-order valence-corrected chi connectivity index (χ2v) is 9.88. The Hall–Kier alpha value is -0.780. The molecule has 0 aromatic rings. The third-order valence-electron chi connectivity index (χ3n) is 4.31. The van der Waals surface area contributed by atoms with E-state index in [1.54, 1.807) is 20.8 Å². The van der Waals surface area contributed by atoms with Gasteiger partial charge in [0.1, 0.15) is 0 Å². The van der Waals surface area contributed by atoms with Gasteiger partial charge in [0.25, 0.3) is 0 Å². The second-order valence-electron chi connectivity index (χ2n) is 7.02. The maximum Gasteiger partial charge on any atom is 0.315 e. The molecule has 21 heavy (non-hydrogen) atoms. The van der Waals surface area contributed by atoms with Crippen molar-refractivity contribution in [2.75, 3.05) is 12.3 Å². The molecule has 0 unspecified atom stereocenters. The summed E-state index contributed by atoms with van der Waals surface area (Å²) in [6.07, 6.45) is 6.10. The van der Waals surface area contributed by atoms with Crippen molar-refractivity contribution in [2.45, 2.75) is 70.6 Å². The first-order chi connectivity index (χ1) is 9.63. The molecule has 0 aromatic heterocycles. The number of hydrogen-bond donors (Lipinski definition) is 2. The molecule has 2 N–H and O–H groups in total. The molecule has 5 nitrogen and oxygen atoms in total. The Morgan fingerprint density at radius 2 is 1.76 bits per heavy atom. The molecule has 124 valence electrons. The summed E-state index contributed by atoms with van der Waals surface area (Å²) in [4.78, 5) is 11.8. The van der Waals surface area contributed by atoms with Gasteiger partial charge in [0.15, 0.2) is 9.84 Å². The Morgan fingerprint density at radius 1 is 1.19 bits per heavy atom. The molecular formula is C15H30N2O3S. The largest absolute Gasteiger partial charge is 0.337 e. The summed E-state index contributed by atoms with van der Waals surface area (Å²) >= 11 is 0. The molecule has 0 heterocycles. The molecule has 0 saturated heterocycles. The molecule has 0 spiro atoms.